The molecule has 0 aliphatic rings. The Bertz CT molecular complexity index is 885. The normalized spacial score (nSPS) is 11.7. The number of carbonyl (C=O) groups is 2. The van der Waals surface area contributed by atoms with Crippen LogP contribution in [0.4, 0.5) is 5.69 Å². The van der Waals surface area contributed by atoms with Crippen LogP contribution in [0.25, 0.3) is 6.08 Å². The van der Waals surface area contributed by atoms with E-state index in [1.165, 1.54) is 5.56 Å². The molecule has 2 N–H and O–H groups in total. The third kappa shape index (κ3) is 8.60. The fraction of sp³-hybridized carbons (Fsp3) is 0.261. The number of rotatable bonds is 8. The fourth-order valence-electron chi connectivity index (χ4n) is 2.52. The maximum absolute atomic E-state index is 11.9. The van der Waals surface area contributed by atoms with Crippen LogP contribution < -0.4 is 10.7 Å². The van der Waals surface area contributed by atoms with Crippen LogP contribution in [0.3, 0.4) is 0 Å². The number of allylic oxidation sites excluding steroid dienone is 1. The van der Waals surface area contributed by atoms with Gasteiger partial charge in [0, 0.05) is 22.1 Å². The molecular weight excluding hydrogens is 477 g/mol. The lowest BCUT2D eigenvalue weighted by Crippen LogP contribution is -2.20. The van der Waals surface area contributed by atoms with Gasteiger partial charge < -0.3 is 5.32 Å². The number of amides is 2. The summed E-state index contributed by atoms with van der Waals surface area (Å²) in [6, 6.07) is 15.8. The number of anilines is 1. The van der Waals surface area contributed by atoms with E-state index in [9.17, 15) is 9.59 Å². The molecule has 0 saturated heterocycles. The van der Waals surface area contributed by atoms with Crippen LogP contribution in [0.2, 0.25) is 0 Å². The molecule has 0 fully saturated rings. The average molecular weight is 503 g/mol. The zero-order chi connectivity index (χ0) is 21.2. The van der Waals surface area contributed by atoms with E-state index in [4.69, 9.17) is 0 Å². The summed E-state index contributed by atoms with van der Waals surface area (Å²) in [5.74, 6) is 0.00362. The highest BCUT2D eigenvalue weighted by molar-refractivity contribution is 14.1. The summed E-state index contributed by atoms with van der Waals surface area (Å²) >= 11 is 2.20. The molecule has 0 aliphatic carbocycles. The monoisotopic (exact) mass is 503 g/mol. The van der Waals surface area contributed by atoms with E-state index >= 15 is 0 Å². The number of hydrogen-bond donors (Lipinski definition) is 2. The van der Waals surface area contributed by atoms with Crippen molar-refractivity contribution >= 4 is 52.4 Å². The molecule has 0 unspecified atom stereocenters. The SMILES string of the molecule is CC(=C/c1ccc(C(C)C)cc1)/C=N/NC(=O)CCC(=O)Nc1ccc(I)cc1. The summed E-state index contributed by atoms with van der Waals surface area (Å²) in [4.78, 5) is 23.8. The second-order valence-electron chi connectivity index (χ2n) is 7.06. The third-order valence-electron chi connectivity index (χ3n) is 4.16. The zero-order valence-corrected chi connectivity index (χ0v) is 19.1. The molecule has 2 aromatic rings. The maximum Gasteiger partial charge on any atom is 0.240 e. The summed E-state index contributed by atoms with van der Waals surface area (Å²) < 4.78 is 1.09. The number of hydrogen-bond acceptors (Lipinski definition) is 3. The summed E-state index contributed by atoms with van der Waals surface area (Å²) in [7, 11) is 0. The van der Waals surface area contributed by atoms with Gasteiger partial charge in [0.15, 0.2) is 0 Å². The molecule has 2 aromatic carbocycles. The fourth-order valence-corrected chi connectivity index (χ4v) is 2.88. The van der Waals surface area contributed by atoms with Crippen molar-refractivity contribution in [3.05, 3.63) is 68.8 Å². The van der Waals surface area contributed by atoms with Crippen molar-refractivity contribution in [1.82, 2.24) is 5.43 Å². The molecule has 2 rings (SSSR count). The van der Waals surface area contributed by atoms with Crippen LogP contribution in [-0.4, -0.2) is 18.0 Å². The predicted molar refractivity (Wildman–Crippen MR) is 128 cm³/mol. The first-order valence-corrected chi connectivity index (χ1v) is 10.6. The van der Waals surface area contributed by atoms with Crippen LogP contribution in [0, 0.1) is 3.57 Å². The van der Waals surface area contributed by atoms with Crippen molar-refractivity contribution in [1.29, 1.82) is 0 Å². The lowest BCUT2D eigenvalue weighted by molar-refractivity contribution is -0.124. The van der Waals surface area contributed by atoms with Gasteiger partial charge in [0.05, 0.1) is 6.21 Å². The second kappa shape index (κ2) is 11.5. The highest BCUT2D eigenvalue weighted by atomic mass is 127. The Labute approximate surface area is 185 Å². The van der Waals surface area contributed by atoms with Crippen molar-refractivity contribution in [3.8, 4) is 0 Å². The van der Waals surface area contributed by atoms with Crippen LogP contribution >= 0.6 is 22.6 Å². The molecule has 6 heteroatoms. The lowest BCUT2D eigenvalue weighted by Gasteiger charge is -2.05. The summed E-state index contributed by atoms with van der Waals surface area (Å²) in [6.45, 7) is 6.25. The molecule has 0 aliphatic heterocycles. The predicted octanol–water partition coefficient (Wildman–Crippen LogP) is 5.34. The summed E-state index contributed by atoms with van der Waals surface area (Å²) in [5.41, 5.74) is 6.47. The van der Waals surface area contributed by atoms with Crippen molar-refractivity contribution in [2.75, 3.05) is 5.32 Å². The van der Waals surface area contributed by atoms with E-state index in [2.05, 4.69) is 76.5 Å². The minimum absolute atomic E-state index is 0.0764. The number of nitrogens with zero attached hydrogens (tertiary/aromatic N) is 1. The molecule has 0 heterocycles. The minimum Gasteiger partial charge on any atom is -0.326 e. The Morgan fingerprint density at radius 1 is 1.00 bits per heavy atom. The average Bonchev–Trinajstić information content (AvgIpc) is 2.68. The highest BCUT2D eigenvalue weighted by Gasteiger charge is 2.06. The molecule has 29 heavy (non-hydrogen) atoms. The maximum atomic E-state index is 11.9. The van der Waals surface area contributed by atoms with Gasteiger partial charge in [-0.2, -0.15) is 5.10 Å². The zero-order valence-electron chi connectivity index (χ0n) is 16.9. The Morgan fingerprint density at radius 3 is 2.24 bits per heavy atom. The first kappa shape index (κ1) is 22.8. The quantitative estimate of drug-likeness (QED) is 0.290. The number of carbonyl (C=O) groups excluding carboxylic acids is 2. The van der Waals surface area contributed by atoms with Gasteiger partial charge in [0.1, 0.15) is 0 Å². The molecule has 0 aromatic heterocycles. The molecule has 152 valence electrons. The molecular formula is C23H26IN3O2. The first-order chi connectivity index (χ1) is 13.8. The van der Waals surface area contributed by atoms with Gasteiger partial charge >= 0.3 is 0 Å². The van der Waals surface area contributed by atoms with E-state index < -0.39 is 0 Å². The third-order valence-corrected chi connectivity index (χ3v) is 4.88. The summed E-state index contributed by atoms with van der Waals surface area (Å²) in [5, 5.41) is 6.73. The van der Waals surface area contributed by atoms with E-state index in [-0.39, 0.29) is 24.7 Å². The molecule has 2 amide bonds. The second-order valence-corrected chi connectivity index (χ2v) is 8.30. The van der Waals surface area contributed by atoms with E-state index in [1.807, 2.05) is 37.3 Å². The van der Waals surface area contributed by atoms with Gasteiger partial charge in [0.25, 0.3) is 0 Å². The lowest BCUT2D eigenvalue weighted by atomic mass is 10.0. The van der Waals surface area contributed by atoms with Gasteiger partial charge in [-0.1, -0.05) is 44.2 Å². The molecule has 0 spiro atoms. The Balaban J connectivity index is 1.75. The summed E-state index contributed by atoms with van der Waals surface area (Å²) in [6.07, 6.45) is 3.77. The molecule has 0 radical (unpaired) electrons. The topological polar surface area (TPSA) is 70.6 Å². The number of hydrazone groups is 1. The van der Waals surface area contributed by atoms with Crippen LogP contribution in [0.15, 0.2) is 59.2 Å². The molecule has 5 nitrogen and oxygen atoms in total. The molecule has 0 atom stereocenters. The van der Waals surface area contributed by atoms with Gasteiger partial charge in [-0.25, -0.2) is 5.43 Å². The van der Waals surface area contributed by atoms with Crippen molar-refractivity contribution in [3.63, 3.8) is 0 Å². The van der Waals surface area contributed by atoms with Crippen molar-refractivity contribution in [2.45, 2.75) is 39.5 Å². The van der Waals surface area contributed by atoms with E-state index in [0.717, 1.165) is 20.4 Å². The van der Waals surface area contributed by atoms with Crippen molar-refractivity contribution in [2.24, 2.45) is 5.10 Å². The largest absolute Gasteiger partial charge is 0.326 e. The smallest absolute Gasteiger partial charge is 0.240 e. The Hall–Kier alpha value is -2.48. The Kier molecular flexibility index (Phi) is 9.05. The standard InChI is InChI=1S/C23H26IN3O2/c1-16(2)19-6-4-18(5-7-19)14-17(3)15-25-27-23(29)13-12-22(28)26-21-10-8-20(24)9-11-21/h4-11,14-16H,12-13H2,1-3H3,(H,26,28)(H,27,29)/b17-14-,25-15+. The van der Waals surface area contributed by atoms with Gasteiger partial charge in [0.2, 0.25) is 11.8 Å². The van der Waals surface area contributed by atoms with Gasteiger partial charge in [-0.05, 0) is 76.4 Å². The minimum atomic E-state index is -0.298. The van der Waals surface area contributed by atoms with E-state index in [0.29, 0.717) is 5.92 Å². The van der Waals surface area contributed by atoms with Gasteiger partial charge in [-0.15, -0.1) is 0 Å². The van der Waals surface area contributed by atoms with Crippen molar-refractivity contribution < 1.29 is 9.59 Å². The van der Waals surface area contributed by atoms with Crippen LogP contribution in [0.1, 0.15) is 50.7 Å². The molecule has 0 bridgehead atoms. The highest BCUT2D eigenvalue weighted by Crippen LogP contribution is 2.16. The van der Waals surface area contributed by atoms with Crippen LogP contribution in [0.5, 0.6) is 0 Å². The van der Waals surface area contributed by atoms with Crippen LogP contribution in [-0.2, 0) is 9.59 Å². The first-order valence-electron chi connectivity index (χ1n) is 9.49. The van der Waals surface area contributed by atoms with Gasteiger partial charge in [-0.3, -0.25) is 9.59 Å². The number of benzene rings is 2. The number of halogens is 1. The molecule has 0 saturated carbocycles. The van der Waals surface area contributed by atoms with E-state index in [1.54, 1.807) is 6.21 Å². The number of nitrogens with one attached hydrogen (secondary N) is 2. The Morgan fingerprint density at radius 2 is 1.62 bits per heavy atom.